The molecule has 0 bridgehead atoms. The van der Waals surface area contributed by atoms with E-state index >= 15 is 0 Å². The number of rotatable bonds is 2. The van der Waals surface area contributed by atoms with Crippen LogP contribution in [-0.4, -0.2) is 6.54 Å². The van der Waals surface area contributed by atoms with E-state index in [0.29, 0.717) is 5.92 Å². The van der Waals surface area contributed by atoms with E-state index in [9.17, 15) is 0 Å². The molecule has 0 heterocycles. The minimum absolute atomic E-state index is 0.187. The Morgan fingerprint density at radius 1 is 1.05 bits per heavy atom. The average Bonchev–Trinajstić information content (AvgIpc) is 2.74. The Balaban J connectivity index is 2.22. The molecular formula is C20H25N. The molecule has 1 nitrogen and oxygen atoms in total. The third kappa shape index (κ3) is 2.30. The molecule has 0 saturated heterocycles. The topological polar surface area (TPSA) is 26.0 Å². The van der Waals surface area contributed by atoms with E-state index in [4.69, 9.17) is 5.73 Å². The Kier molecular flexibility index (Phi) is 3.41. The molecule has 0 aromatic heterocycles. The SMILES string of the molecule is Cc1cccc2c1-c1ccc(C(C)(C)C)cc1C2CCN. The van der Waals surface area contributed by atoms with Crippen LogP contribution < -0.4 is 5.73 Å². The molecule has 21 heavy (non-hydrogen) atoms. The van der Waals surface area contributed by atoms with Gasteiger partial charge >= 0.3 is 0 Å². The van der Waals surface area contributed by atoms with E-state index in [1.807, 2.05) is 0 Å². The number of hydrogen-bond acceptors (Lipinski definition) is 1. The summed E-state index contributed by atoms with van der Waals surface area (Å²) in [5.41, 5.74) is 14.6. The van der Waals surface area contributed by atoms with Crippen LogP contribution in [0, 0.1) is 6.92 Å². The van der Waals surface area contributed by atoms with Gasteiger partial charge in [0.2, 0.25) is 0 Å². The van der Waals surface area contributed by atoms with Crippen molar-refractivity contribution in [1.29, 1.82) is 0 Å². The van der Waals surface area contributed by atoms with Gasteiger partial charge in [-0.15, -0.1) is 0 Å². The minimum atomic E-state index is 0.187. The fourth-order valence-electron chi connectivity index (χ4n) is 3.54. The maximum atomic E-state index is 5.88. The number of fused-ring (bicyclic) bond motifs is 3. The van der Waals surface area contributed by atoms with Crippen molar-refractivity contribution in [2.75, 3.05) is 6.54 Å². The van der Waals surface area contributed by atoms with Crippen molar-refractivity contribution in [3.8, 4) is 11.1 Å². The molecule has 0 amide bonds. The Morgan fingerprint density at radius 3 is 2.48 bits per heavy atom. The van der Waals surface area contributed by atoms with Crippen LogP contribution in [0.2, 0.25) is 0 Å². The molecule has 2 N–H and O–H groups in total. The predicted octanol–water partition coefficient (Wildman–Crippen LogP) is 4.75. The smallest absolute Gasteiger partial charge is 0.0114 e. The Bertz CT molecular complexity index is 677. The van der Waals surface area contributed by atoms with Gasteiger partial charge in [0.1, 0.15) is 0 Å². The molecular weight excluding hydrogens is 254 g/mol. The lowest BCUT2D eigenvalue weighted by Crippen LogP contribution is -2.12. The maximum absolute atomic E-state index is 5.88. The third-order valence-corrected chi connectivity index (χ3v) is 4.70. The van der Waals surface area contributed by atoms with Gasteiger partial charge in [0.05, 0.1) is 0 Å². The highest BCUT2D eigenvalue weighted by Crippen LogP contribution is 2.48. The first-order valence-electron chi connectivity index (χ1n) is 7.88. The van der Waals surface area contributed by atoms with Gasteiger partial charge in [-0.2, -0.15) is 0 Å². The summed E-state index contributed by atoms with van der Waals surface area (Å²) in [5.74, 6) is 0.460. The highest BCUT2D eigenvalue weighted by atomic mass is 14.5. The standard InChI is InChI=1S/C20H25N/c1-13-6-5-7-16-15(10-11-21)18-12-14(20(2,3)4)8-9-17(18)19(13)16/h5-9,12,15H,10-11,21H2,1-4H3. The molecule has 0 saturated carbocycles. The molecule has 0 fully saturated rings. The number of hydrogen-bond donors (Lipinski definition) is 1. The van der Waals surface area contributed by atoms with Crippen LogP contribution in [0.3, 0.4) is 0 Å². The van der Waals surface area contributed by atoms with E-state index in [1.54, 1.807) is 0 Å². The van der Waals surface area contributed by atoms with Crippen molar-refractivity contribution >= 4 is 0 Å². The molecule has 1 aliphatic rings. The summed E-state index contributed by atoms with van der Waals surface area (Å²) >= 11 is 0. The van der Waals surface area contributed by atoms with E-state index < -0.39 is 0 Å². The highest BCUT2D eigenvalue weighted by molar-refractivity contribution is 5.81. The van der Waals surface area contributed by atoms with Gasteiger partial charge in [0, 0.05) is 5.92 Å². The Labute approximate surface area is 128 Å². The second-order valence-electron chi connectivity index (χ2n) is 7.22. The van der Waals surface area contributed by atoms with Crippen molar-refractivity contribution in [2.24, 2.45) is 5.73 Å². The summed E-state index contributed by atoms with van der Waals surface area (Å²) in [6.07, 6.45) is 1.02. The summed E-state index contributed by atoms with van der Waals surface area (Å²) in [4.78, 5) is 0. The first-order chi connectivity index (χ1) is 9.93. The second kappa shape index (κ2) is 4.99. The van der Waals surface area contributed by atoms with Crippen molar-refractivity contribution in [2.45, 2.75) is 45.4 Å². The van der Waals surface area contributed by atoms with Gasteiger partial charge in [-0.3, -0.25) is 0 Å². The molecule has 1 heteroatoms. The lowest BCUT2D eigenvalue weighted by Gasteiger charge is -2.21. The Hall–Kier alpha value is -1.60. The largest absolute Gasteiger partial charge is 0.330 e. The third-order valence-electron chi connectivity index (χ3n) is 4.70. The number of nitrogens with two attached hydrogens (primary N) is 1. The molecule has 1 unspecified atom stereocenters. The van der Waals surface area contributed by atoms with Crippen LogP contribution in [0.25, 0.3) is 11.1 Å². The minimum Gasteiger partial charge on any atom is -0.330 e. The number of aryl methyl sites for hydroxylation is 1. The molecule has 110 valence electrons. The molecule has 2 aromatic rings. The summed E-state index contributed by atoms with van der Waals surface area (Å²) < 4.78 is 0. The lowest BCUT2D eigenvalue weighted by molar-refractivity contribution is 0.588. The zero-order chi connectivity index (χ0) is 15.2. The van der Waals surface area contributed by atoms with Gasteiger partial charge in [0.15, 0.2) is 0 Å². The maximum Gasteiger partial charge on any atom is 0.0114 e. The first-order valence-corrected chi connectivity index (χ1v) is 7.88. The number of benzene rings is 2. The van der Waals surface area contributed by atoms with E-state index in [2.05, 4.69) is 64.1 Å². The van der Waals surface area contributed by atoms with Crippen LogP contribution >= 0.6 is 0 Å². The molecule has 1 atom stereocenters. The summed E-state index contributed by atoms with van der Waals surface area (Å²) in [6.45, 7) is 9.78. The zero-order valence-corrected chi connectivity index (χ0v) is 13.5. The molecule has 3 rings (SSSR count). The van der Waals surface area contributed by atoms with Crippen molar-refractivity contribution < 1.29 is 0 Å². The molecule has 0 aliphatic heterocycles. The van der Waals surface area contributed by atoms with Crippen LogP contribution in [-0.2, 0) is 5.41 Å². The average molecular weight is 279 g/mol. The van der Waals surface area contributed by atoms with Crippen LogP contribution in [0.5, 0.6) is 0 Å². The highest BCUT2D eigenvalue weighted by Gasteiger charge is 2.30. The van der Waals surface area contributed by atoms with E-state index in [-0.39, 0.29) is 5.41 Å². The monoisotopic (exact) mass is 279 g/mol. The van der Waals surface area contributed by atoms with Gasteiger partial charge in [-0.25, -0.2) is 0 Å². The molecule has 0 spiro atoms. The van der Waals surface area contributed by atoms with Gasteiger partial charge in [-0.1, -0.05) is 57.2 Å². The zero-order valence-electron chi connectivity index (χ0n) is 13.5. The molecule has 1 aliphatic carbocycles. The van der Waals surface area contributed by atoms with Gasteiger partial charge in [0.25, 0.3) is 0 Å². The predicted molar refractivity (Wildman–Crippen MR) is 90.8 cm³/mol. The summed E-state index contributed by atoms with van der Waals surface area (Å²) in [6, 6.07) is 13.7. The van der Waals surface area contributed by atoms with Crippen LogP contribution in [0.4, 0.5) is 0 Å². The van der Waals surface area contributed by atoms with E-state index in [1.165, 1.54) is 33.4 Å². The van der Waals surface area contributed by atoms with Crippen LogP contribution in [0.15, 0.2) is 36.4 Å². The van der Waals surface area contributed by atoms with Crippen LogP contribution in [0.1, 0.15) is 55.4 Å². The summed E-state index contributed by atoms with van der Waals surface area (Å²) in [7, 11) is 0. The van der Waals surface area contributed by atoms with Crippen molar-refractivity contribution in [3.63, 3.8) is 0 Å². The van der Waals surface area contributed by atoms with E-state index in [0.717, 1.165) is 13.0 Å². The summed E-state index contributed by atoms with van der Waals surface area (Å²) in [5, 5.41) is 0. The van der Waals surface area contributed by atoms with Crippen molar-refractivity contribution in [3.05, 3.63) is 58.7 Å². The normalized spacial score (nSPS) is 16.7. The second-order valence-corrected chi connectivity index (χ2v) is 7.22. The van der Waals surface area contributed by atoms with Crippen molar-refractivity contribution in [1.82, 2.24) is 0 Å². The Morgan fingerprint density at radius 2 is 1.81 bits per heavy atom. The fraction of sp³-hybridized carbons (Fsp3) is 0.400. The first kappa shape index (κ1) is 14.3. The lowest BCUT2D eigenvalue weighted by atomic mass is 9.83. The fourth-order valence-corrected chi connectivity index (χ4v) is 3.54. The van der Waals surface area contributed by atoms with Gasteiger partial charge in [-0.05, 0) is 58.7 Å². The van der Waals surface area contributed by atoms with Gasteiger partial charge < -0.3 is 5.73 Å². The molecule has 0 radical (unpaired) electrons. The quantitative estimate of drug-likeness (QED) is 0.843. The molecule has 2 aromatic carbocycles.